The molecule has 0 aliphatic heterocycles. The van der Waals surface area contributed by atoms with E-state index in [1.54, 1.807) is 0 Å². The monoisotopic (exact) mass is 1630 g/mol. The maximum Gasteiger partial charge on any atom is 0.321 e. The first kappa shape index (κ1) is 101. The largest absolute Gasteiger partial charge is 0.493 e. The average molecular weight is 1630 g/mol. The summed E-state index contributed by atoms with van der Waals surface area (Å²) in [5, 5.41) is 5.70. The lowest BCUT2D eigenvalue weighted by Gasteiger charge is -2.19. The fourth-order valence-corrected chi connectivity index (χ4v) is 14.3. The highest BCUT2D eigenvalue weighted by Crippen LogP contribution is 2.42. The molecule has 0 fully saturated rings. The van der Waals surface area contributed by atoms with Crippen molar-refractivity contribution in [2.75, 3.05) is 51.6 Å². The van der Waals surface area contributed by atoms with E-state index in [2.05, 4.69) is 177 Å². The number of nitrogens with one attached hydrogen (secondary N) is 3. The molecule has 0 aliphatic carbocycles. The van der Waals surface area contributed by atoms with Crippen molar-refractivity contribution in [1.82, 2.24) is 15.3 Å². The van der Waals surface area contributed by atoms with E-state index in [0.29, 0.717) is 69.9 Å². The summed E-state index contributed by atoms with van der Waals surface area (Å²) in [4.78, 5) is 33.0. The second-order valence-corrected chi connectivity index (χ2v) is 34.5. The molecule has 5 rings (SSSR count). The highest BCUT2D eigenvalue weighted by Gasteiger charge is 2.20. The van der Waals surface area contributed by atoms with E-state index >= 15 is 0 Å². The van der Waals surface area contributed by atoms with Crippen LogP contribution in [0, 0.1) is 23.7 Å². The van der Waals surface area contributed by atoms with Gasteiger partial charge in [-0.1, -0.05) is 407 Å². The number of ether oxygens (including phenoxy) is 7. The maximum atomic E-state index is 13.2. The normalized spacial score (nSPS) is 12.7. The number of rotatable bonds is 73. The summed E-state index contributed by atoms with van der Waals surface area (Å²) >= 11 is 0. The lowest BCUT2D eigenvalue weighted by atomic mass is 10.0. The van der Waals surface area contributed by atoms with Gasteiger partial charge in [0, 0.05) is 40.6 Å². The number of urea groups is 1. The van der Waals surface area contributed by atoms with Crippen LogP contribution in [-0.4, -0.2) is 62.2 Å². The van der Waals surface area contributed by atoms with Crippen LogP contribution in [0.15, 0.2) is 71.5 Å². The van der Waals surface area contributed by atoms with Crippen molar-refractivity contribution in [3.8, 4) is 40.2 Å². The first-order valence-electron chi connectivity index (χ1n) is 48.4. The van der Waals surface area contributed by atoms with Gasteiger partial charge in [-0.3, -0.25) is 10.1 Å². The summed E-state index contributed by atoms with van der Waals surface area (Å²) < 4.78 is 48.2. The summed E-state index contributed by atoms with van der Waals surface area (Å²) in [5.41, 5.74) is 6.90. The predicted molar refractivity (Wildman–Crippen MR) is 505 cm³/mol. The van der Waals surface area contributed by atoms with Gasteiger partial charge in [-0.05, 0) is 109 Å². The molecule has 0 saturated carbocycles. The zero-order valence-corrected chi connectivity index (χ0v) is 76.9. The van der Waals surface area contributed by atoms with Crippen LogP contribution in [0.4, 0.5) is 10.7 Å². The summed E-state index contributed by atoms with van der Waals surface area (Å²) in [6.07, 6.45) is 69.3. The summed E-state index contributed by atoms with van der Waals surface area (Å²) in [6, 6.07) is 22.1. The summed E-state index contributed by atoms with van der Waals surface area (Å²) in [5.74, 6) is 6.77. The molecule has 0 bridgehead atoms. The Morgan fingerprint density at radius 1 is 0.347 bits per heavy atom. The second-order valence-electron chi connectivity index (χ2n) is 34.5. The number of carbonyl (C=O) groups excluding carboxylic acids is 1. The molecule has 1 heterocycles. The van der Waals surface area contributed by atoms with Crippen LogP contribution in [-0.2, 0) is 13.0 Å². The zero-order chi connectivity index (χ0) is 84.7. The van der Waals surface area contributed by atoms with Gasteiger partial charge < -0.3 is 43.5 Å². The number of nitrogens with zero attached hydrogens (tertiary/aromatic N) is 1. The third-order valence-corrected chi connectivity index (χ3v) is 23.3. The van der Waals surface area contributed by atoms with Crippen LogP contribution in [0.5, 0.6) is 40.2 Å². The molecule has 0 unspecified atom stereocenters. The van der Waals surface area contributed by atoms with Gasteiger partial charge in [-0.2, -0.15) is 4.98 Å². The Hall–Kier alpha value is -7.15. The minimum Gasteiger partial charge on any atom is -0.493 e. The van der Waals surface area contributed by atoms with Crippen LogP contribution in [0.1, 0.15) is 417 Å². The van der Waals surface area contributed by atoms with Crippen LogP contribution in [0.2, 0.25) is 0 Å². The first-order valence-corrected chi connectivity index (χ1v) is 48.4. The Bertz CT molecular complexity index is 3490. The number of hydrogen-bond acceptors (Lipinski definition) is 10. The van der Waals surface area contributed by atoms with Gasteiger partial charge in [-0.25, -0.2) is 4.79 Å². The number of amides is 2. The first-order chi connectivity index (χ1) is 57.7. The molecular weight excluding hydrogens is 1460 g/mol. The summed E-state index contributed by atoms with van der Waals surface area (Å²) in [7, 11) is 0. The fourth-order valence-electron chi connectivity index (χ4n) is 14.3. The topological polar surface area (TPSA) is 151 Å². The minimum absolute atomic E-state index is 0.151. The van der Waals surface area contributed by atoms with Crippen molar-refractivity contribution in [1.29, 1.82) is 0 Å². The van der Waals surface area contributed by atoms with Gasteiger partial charge in [-0.15, -0.1) is 0 Å². The van der Waals surface area contributed by atoms with Crippen molar-refractivity contribution in [2.45, 2.75) is 385 Å². The van der Waals surface area contributed by atoms with Gasteiger partial charge in [0.2, 0.25) is 11.7 Å². The average Bonchev–Trinajstić information content (AvgIpc) is 0.811. The van der Waals surface area contributed by atoms with E-state index < -0.39 is 6.03 Å². The van der Waals surface area contributed by atoms with E-state index in [1.807, 2.05) is 24.3 Å². The molecule has 662 valence electrons. The number of aromatic amines is 1. The number of carbonyl (C=O) groups is 1. The molecule has 0 saturated heterocycles. The van der Waals surface area contributed by atoms with Crippen LogP contribution < -0.4 is 49.4 Å². The molecule has 0 radical (unpaired) electrons. The number of benzene rings is 4. The molecular formula is C105H168N4O9. The highest BCUT2D eigenvalue weighted by molar-refractivity contribution is 5.87. The number of H-pyrrole nitrogens is 1. The van der Waals surface area contributed by atoms with Crippen LogP contribution in [0.3, 0.4) is 0 Å². The number of anilines is 1. The lowest BCUT2D eigenvalue weighted by molar-refractivity contribution is 0.234. The van der Waals surface area contributed by atoms with Crippen LogP contribution >= 0.6 is 0 Å². The number of aromatic nitrogens is 2. The zero-order valence-electron chi connectivity index (χ0n) is 76.9. The van der Waals surface area contributed by atoms with Gasteiger partial charge >= 0.3 is 6.03 Å². The molecule has 13 heteroatoms. The predicted octanol–water partition coefficient (Wildman–Crippen LogP) is 31.1. The third kappa shape index (κ3) is 45.5. The lowest BCUT2D eigenvalue weighted by Crippen LogP contribution is -2.30. The molecule has 4 aromatic carbocycles. The van der Waals surface area contributed by atoms with Crippen LogP contribution in [0.25, 0.3) is 36.5 Å². The molecule has 5 aromatic rings. The molecule has 1 aromatic heterocycles. The maximum absolute atomic E-state index is 13.2. The van der Waals surface area contributed by atoms with Crippen molar-refractivity contribution < 1.29 is 38.0 Å². The van der Waals surface area contributed by atoms with E-state index in [0.717, 1.165) is 168 Å². The van der Waals surface area contributed by atoms with Gasteiger partial charge in [0.25, 0.3) is 5.56 Å². The van der Waals surface area contributed by atoms with Crippen molar-refractivity contribution >= 4 is 48.4 Å². The second kappa shape index (κ2) is 65.6. The minimum atomic E-state index is -0.442. The molecule has 3 N–H and O–H groups in total. The van der Waals surface area contributed by atoms with Gasteiger partial charge in [0.05, 0.1) is 46.2 Å². The SMILES string of the molecule is CCCCCCCCCCCCCc1cc(=O)nc(NC(=O)NCc2ccc(/C=C/c3cc(OC[C@@H](C)CC)c(/C=C/c4cc(OC[C@@H](C)CC)c(/C=C/c5cc(OCCCCCCCCCCCC)c(OCCCCCCCCCCCC)c(OCCCCCCCCCCCC)c5)cc4OC[C@@H](C)CC)cc3OC[C@@H](C)CC)cc2)[nH]1. The van der Waals surface area contributed by atoms with Crippen molar-refractivity contribution in [3.63, 3.8) is 0 Å². The Kier molecular flexibility index (Phi) is 56.4. The highest BCUT2D eigenvalue weighted by atomic mass is 16.5. The van der Waals surface area contributed by atoms with E-state index in [1.165, 1.54) is 218 Å². The molecule has 13 nitrogen and oxygen atoms in total. The number of unbranched alkanes of at least 4 members (excludes halogenated alkanes) is 37. The fraction of sp³-hybridized carbons (Fsp3) is 0.667. The Labute approximate surface area is 719 Å². The van der Waals surface area contributed by atoms with Gasteiger partial charge in [0.15, 0.2) is 11.5 Å². The molecule has 118 heavy (non-hydrogen) atoms. The number of aryl methyl sites for hydroxylation is 1. The third-order valence-electron chi connectivity index (χ3n) is 23.3. The molecule has 0 aliphatic rings. The van der Waals surface area contributed by atoms with Crippen molar-refractivity contribution in [3.05, 3.63) is 122 Å². The molecule has 2 amide bonds. The molecule has 0 spiro atoms. The molecule has 4 atom stereocenters. The standard InChI is InChI=1S/C105H168N4O9/c1-13-21-25-29-33-37-41-42-46-50-54-58-95-78-102(110)108-104(107-95)109-105(111)106-79-89-61-59-88(60-62-89)63-65-91-74-98(117-82-86(11)19-7)93(76-96(91)115-80-84(9)17-5)67-68-94-77-97(116-81-85(10)18-6)92(75-99(94)118-83-87(12)20-8)66-64-90-72-100(112-69-55-51-47-43-38-34-30-26-22-14-2)103(114-71-57-53-49-45-40-36-32-28-24-16-4)101(73-90)113-70-56-52-48-44-39-35-31-27-23-15-3/h59-68,72-78,84-87H,13-58,69-71,79-83H2,1-12H3,(H3,106,107,108,109,110,111)/b65-63+,66-64+,68-67+/t84-,85-,86-,87-/m0/s1. The number of hydrogen-bond donors (Lipinski definition) is 3. The Morgan fingerprint density at radius 3 is 0.992 bits per heavy atom. The Morgan fingerprint density at radius 2 is 0.653 bits per heavy atom. The van der Waals surface area contributed by atoms with E-state index in [9.17, 15) is 9.59 Å². The smallest absolute Gasteiger partial charge is 0.321 e. The quantitative estimate of drug-likeness (QED) is 0.0253. The van der Waals surface area contributed by atoms with Gasteiger partial charge in [0.1, 0.15) is 23.0 Å². The van der Waals surface area contributed by atoms with E-state index in [-0.39, 0.29) is 18.1 Å². The Balaban J connectivity index is 1.47. The summed E-state index contributed by atoms with van der Waals surface area (Å²) in [6.45, 7) is 31.3. The van der Waals surface area contributed by atoms with Crippen molar-refractivity contribution in [2.24, 2.45) is 23.7 Å². The van der Waals surface area contributed by atoms with E-state index in [4.69, 9.17) is 33.2 Å².